The van der Waals surface area contributed by atoms with Crippen LogP contribution in [-0.4, -0.2) is 21.1 Å². The Morgan fingerprint density at radius 1 is 1.00 bits per heavy atom. The minimum Gasteiger partial charge on any atom is -0.457 e. The quantitative estimate of drug-likeness (QED) is 0.297. The Kier molecular flexibility index (Phi) is 5.75. The first-order valence-electron chi connectivity index (χ1n) is 12.1. The van der Waals surface area contributed by atoms with E-state index in [2.05, 4.69) is 44.1 Å². The minimum atomic E-state index is -0.0331. The molecule has 3 N–H and O–H groups in total. The van der Waals surface area contributed by atoms with Gasteiger partial charge in [0, 0.05) is 29.5 Å². The molecule has 7 nitrogen and oxygen atoms in total. The lowest BCUT2D eigenvalue weighted by atomic mass is 10.1. The molecular formula is C29H27N5O2. The Morgan fingerprint density at radius 3 is 2.67 bits per heavy atom. The van der Waals surface area contributed by atoms with Crippen LogP contribution >= 0.6 is 0 Å². The SMILES string of the molecule is CC1OCc2c1c1ncnc(N)c1n2-c1ccc(Oc2cccc(NCCc3ccccc3)c2)cc1. The Bertz CT molecular complexity index is 1510. The molecule has 1 unspecified atom stereocenters. The summed E-state index contributed by atoms with van der Waals surface area (Å²) in [4.78, 5) is 8.73. The van der Waals surface area contributed by atoms with Gasteiger partial charge in [0.05, 0.1) is 18.4 Å². The van der Waals surface area contributed by atoms with Crippen molar-refractivity contribution in [1.82, 2.24) is 14.5 Å². The molecule has 1 aliphatic rings. The van der Waals surface area contributed by atoms with Gasteiger partial charge in [0.15, 0.2) is 5.82 Å². The molecule has 1 aliphatic heterocycles. The highest BCUT2D eigenvalue weighted by atomic mass is 16.5. The van der Waals surface area contributed by atoms with Crippen LogP contribution in [-0.2, 0) is 17.8 Å². The number of hydrogen-bond acceptors (Lipinski definition) is 6. The maximum Gasteiger partial charge on any atom is 0.151 e. The van der Waals surface area contributed by atoms with Gasteiger partial charge in [-0.15, -0.1) is 0 Å². The van der Waals surface area contributed by atoms with Crippen LogP contribution in [0.2, 0.25) is 0 Å². The number of ether oxygens (including phenoxy) is 2. The van der Waals surface area contributed by atoms with Crippen LogP contribution in [0.3, 0.4) is 0 Å². The van der Waals surface area contributed by atoms with Crippen molar-refractivity contribution in [2.45, 2.75) is 26.1 Å². The highest BCUT2D eigenvalue weighted by molar-refractivity contribution is 5.91. The van der Waals surface area contributed by atoms with E-state index in [4.69, 9.17) is 15.2 Å². The van der Waals surface area contributed by atoms with Crippen LogP contribution in [0.25, 0.3) is 16.7 Å². The molecule has 3 aromatic carbocycles. The van der Waals surface area contributed by atoms with Crippen LogP contribution in [0.4, 0.5) is 11.5 Å². The van der Waals surface area contributed by atoms with Crippen molar-refractivity contribution in [1.29, 1.82) is 0 Å². The molecule has 36 heavy (non-hydrogen) atoms. The Labute approximate surface area is 209 Å². The zero-order chi connectivity index (χ0) is 24.5. The molecule has 180 valence electrons. The maximum absolute atomic E-state index is 6.27. The second kappa shape index (κ2) is 9.36. The van der Waals surface area contributed by atoms with Gasteiger partial charge in [-0.05, 0) is 55.3 Å². The van der Waals surface area contributed by atoms with E-state index in [0.717, 1.165) is 58.1 Å². The topological polar surface area (TPSA) is 87.2 Å². The third-order valence-electron chi connectivity index (χ3n) is 6.54. The number of benzene rings is 3. The molecule has 1 atom stereocenters. The number of hydrogen-bond donors (Lipinski definition) is 2. The van der Waals surface area contributed by atoms with Gasteiger partial charge in [-0.2, -0.15) is 0 Å². The van der Waals surface area contributed by atoms with Gasteiger partial charge in [-0.3, -0.25) is 0 Å². The molecule has 0 radical (unpaired) electrons. The van der Waals surface area contributed by atoms with Crippen molar-refractivity contribution in [3.05, 3.63) is 102 Å². The Morgan fingerprint density at radius 2 is 1.83 bits per heavy atom. The number of aromatic nitrogens is 3. The number of nitrogens with zero attached hydrogens (tertiary/aromatic N) is 3. The van der Waals surface area contributed by atoms with Crippen molar-refractivity contribution < 1.29 is 9.47 Å². The summed E-state index contributed by atoms with van der Waals surface area (Å²) in [5.41, 5.74) is 13.4. The number of nitrogens with one attached hydrogen (secondary N) is 1. The fourth-order valence-corrected chi connectivity index (χ4v) is 4.81. The van der Waals surface area contributed by atoms with Gasteiger partial charge in [-0.1, -0.05) is 36.4 Å². The summed E-state index contributed by atoms with van der Waals surface area (Å²) in [5.74, 6) is 1.99. The number of rotatable bonds is 7. The molecule has 2 aromatic heterocycles. The fraction of sp³-hybridized carbons (Fsp3) is 0.172. The molecular weight excluding hydrogens is 450 g/mol. The van der Waals surface area contributed by atoms with Crippen molar-refractivity contribution >= 4 is 22.5 Å². The lowest BCUT2D eigenvalue weighted by Crippen LogP contribution is -2.04. The van der Waals surface area contributed by atoms with E-state index >= 15 is 0 Å². The Hall–Kier alpha value is -4.36. The molecule has 0 spiro atoms. The minimum absolute atomic E-state index is 0.0331. The van der Waals surface area contributed by atoms with Gasteiger partial charge in [0.2, 0.25) is 0 Å². The van der Waals surface area contributed by atoms with Crippen LogP contribution < -0.4 is 15.8 Å². The summed E-state index contributed by atoms with van der Waals surface area (Å²) in [6, 6.07) is 26.4. The molecule has 0 aliphatic carbocycles. The van der Waals surface area contributed by atoms with Crippen LogP contribution in [0, 0.1) is 0 Å². The van der Waals surface area contributed by atoms with E-state index in [1.807, 2.05) is 61.5 Å². The molecule has 0 saturated carbocycles. The highest BCUT2D eigenvalue weighted by Gasteiger charge is 2.30. The second-order valence-corrected chi connectivity index (χ2v) is 8.89. The zero-order valence-corrected chi connectivity index (χ0v) is 20.0. The summed E-state index contributed by atoms with van der Waals surface area (Å²) in [5, 5.41) is 3.48. The van der Waals surface area contributed by atoms with Crippen LogP contribution in [0.15, 0.2) is 85.2 Å². The molecule has 5 aromatic rings. The number of fused-ring (bicyclic) bond motifs is 3. The van der Waals surface area contributed by atoms with Crippen molar-refractivity contribution in [2.75, 3.05) is 17.6 Å². The largest absolute Gasteiger partial charge is 0.457 e. The first-order valence-corrected chi connectivity index (χ1v) is 12.1. The van der Waals surface area contributed by atoms with E-state index in [9.17, 15) is 0 Å². The van der Waals surface area contributed by atoms with E-state index in [-0.39, 0.29) is 6.10 Å². The fourth-order valence-electron chi connectivity index (χ4n) is 4.81. The monoisotopic (exact) mass is 477 g/mol. The molecule has 0 bridgehead atoms. The molecule has 0 fully saturated rings. The number of nitrogens with two attached hydrogens (primary N) is 1. The maximum atomic E-state index is 6.27. The first-order chi connectivity index (χ1) is 17.7. The summed E-state index contributed by atoms with van der Waals surface area (Å²) in [7, 11) is 0. The summed E-state index contributed by atoms with van der Waals surface area (Å²) in [6.45, 7) is 3.40. The summed E-state index contributed by atoms with van der Waals surface area (Å²) in [6.07, 6.45) is 2.44. The van der Waals surface area contributed by atoms with E-state index in [0.29, 0.717) is 12.4 Å². The van der Waals surface area contributed by atoms with E-state index < -0.39 is 0 Å². The molecule has 0 saturated heterocycles. The molecule has 3 heterocycles. The van der Waals surface area contributed by atoms with E-state index in [1.165, 1.54) is 11.9 Å². The van der Waals surface area contributed by atoms with Gasteiger partial charge < -0.3 is 25.1 Å². The first kappa shape index (κ1) is 22.1. The number of anilines is 2. The molecule has 7 heteroatoms. The molecule has 0 amide bonds. The second-order valence-electron chi connectivity index (χ2n) is 8.89. The van der Waals surface area contributed by atoms with Gasteiger partial charge in [0.1, 0.15) is 28.9 Å². The van der Waals surface area contributed by atoms with Crippen molar-refractivity contribution in [3.63, 3.8) is 0 Å². The van der Waals surface area contributed by atoms with Crippen LogP contribution in [0.5, 0.6) is 11.5 Å². The average molecular weight is 478 g/mol. The lowest BCUT2D eigenvalue weighted by Gasteiger charge is -2.12. The zero-order valence-electron chi connectivity index (χ0n) is 20.0. The standard InChI is InChI=1S/C29H27N5O2/c1-19-26-25(17-35-19)34(28-27(26)32-18-33-29(28)30)22-10-12-23(13-11-22)36-24-9-5-8-21(16-24)31-15-14-20-6-3-2-4-7-20/h2-13,16,18-19,31H,14-15,17H2,1H3,(H2,30,32,33). The highest BCUT2D eigenvalue weighted by Crippen LogP contribution is 2.40. The Balaban J connectivity index is 1.20. The van der Waals surface area contributed by atoms with E-state index in [1.54, 1.807) is 0 Å². The normalized spacial score (nSPS) is 14.6. The smallest absolute Gasteiger partial charge is 0.151 e. The summed E-state index contributed by atoms with van der Waals surface area (Å²) >= 11 is 0. The van der Waals surface area contributed by atoms with Gasteiger partial charge >= 0.3 is 0 Å². The lowest BCUT2D eigenvalue weighted by molar-refractivity contribution is 0.0783. The average Bonchev–Trinajstić information content (AvgIpc) is 3.44. The third-order valence-corrected chi connectivity index (χ3v) is 6.54. The van der Waals surface area contributed by atoms with Crippen LogP contribution in [0.1, 0.15) is 29.8 Å². The number of nitrogen functional groups attached to an aromatic ring is 1. The summed E-state index contributed by atoms with van der Waals surface area (Å²) < 4.78 is 14.1. The predicted octanol–water partition coefficient (Wildman–Crippen LogP) is 6.04. The van der Waals surface area contributed by atoms with Gasteiger partial charge in [-0.25, -0.2) is 9.97 Å². The van der Waals surface area contributed by atoms with Crippen molar-refractivity contribution in [2.24, 2.45) is 0 Å². The van der Waals surface area contributed by atoms with Gasteiger partial charge in [0.25, 0.3) is 0 Å². The third kappa shape index (κ3) is 4.14. The predicted molar refractivity (Wildman–Crippen MR) is 142 cm³/mol. The molecule has 6 rings (SSSR count). The van der Waals surface area contributed by atoms with Crippen molar-refractivity contribution in [3.8, 4) is 17.2 Å².